The van der Waals surface area contributed by atoms with Gasteiger partial charge >= 0.3 is 12.2 Å². The van der Waals surface area contributed by atoms with Crippen molar-refractivity contribution >= 4 is 24.0 Å². The van der Waals surface area contributed by atoms with E-state index in [1.165, 1.54) is 4.90 Å². The van der Waals surface area contributed by atoms with Gasteiger partial charge < -0.3 is 19.7 Å². The van der Waals surface area contributed by atoms with E-state index in [-0.39, 0.29) is 18.4 Å². The van der Waals surface area contributed by atoms with Crippen molar-refractivity contribution in [3.8, 4) is 0 Å². The number of fused-ring (bicyclic) bond motifs is 1. The molecule has 0 aromatic heterocycles. The number of carbonyl (C=O) groups excluding carboxylic acids is 4. The van der Waals surface area contributed by atoms with Gasteiger partial charge in [-0.1, -0.05) is 12.1 Å². The van der Waals surface area contributed by atoms with Gasteiger partial charge in [0, 0.05) is 26.2 Å². The number of nitrogens with zero attached hydrogens (tertiary/aromatic N) is 2. The zero-order chi connectivity index (χ0) is 25.5. The van der Waals surface area contributed by atoms with Crippen LogP contribution in [-0.2, 0) is 9.47 Å². The highest BCUT2D eigenvalue weighted by Gasteiger charge is 2.34. The number of hydrogen-bond donors (Lipinski definition) is 1. The molecule has 1 aromatic carbocycles. The van der Waals surface area contributed by atoms with Crippen molar-refractivity contribution in [1.82, 2.24) is 15.1 Å². The van der Waals surface area contributed by atoms with Crippen LogP contribution in [0, 0.1) is 0 Å². The SMILES string of the molecule is CC(C)(C)OC(=O)NCCCN(CCCCN1C(=O)c2ccccc2C1=O)C(=O)OC(C)(C)C. The Hall–Kier alpha value is -3.10. The van der Waals surface area contributed by atoms with Crippen LogP contribution in [0.25, 0.3) is 0 Å². The lowest BCUT2D eigenvalue weighted by Crippen LogP contribution is -2.40. The third kappa shape index (κ3) is 8.35. The molecule has 2 rings (SSSR count). The normalized spacial score (nSPS) is 13.5. The molecule has 0 saturated carbocycles. The van der Waals surface area contributed by atoms with Crippen molar-refractivity contribution in [2.45, 2.75) is 72.0 Å². The molecule has 1 aliphatic heterocycles. The van der Waals surface area contributed by atoms with Crippen LogP contribution in [0.2, 0.25) is 0 Å². The predicted octanol–water partition coefficient (Wildman–Crippen LogP) is 4.21. The molecular weight excluding hydrogens is 438 g/mol. The monoisotopic (exact) mass is 475 g/mol. The maximum absolute atomic E-state index is 12.7. The van der Waals surface area contributed by atoms with Crippen LogP contribution in [0.4, 0.5) is 9.59 Å². The Morgan fingerprint density at radius 3 is 1.91 bits per heavy atom. The summed E-state index contributed by atoms with van der Waals surface area (Å²) in [6.45, 7) is 12.2. The Balaban J connectivity index is 1.83. The fraction of sp³-hybridized carbons (Fsp3) is 0.600. The summed E-state index contributed by atoms with van der Waals surface area (Å²) in [5.41, 5.74) is -0.350. The summed E-state index contributed by atoms with van der Waals surface area (Å²) in [7, 11) is 0. The van der Waals surface area contributed by atoms with Gasteiger partial charge in [-0.15, -0.1) is 0 Å². The molecule has 0 fully saturated rings. The van der Waals surface area contributed by atoms with E-state index in [1.807, 2.05) is 0 Å². The van der Waals surface area contributed by atoms with Gasteiger partial charge in [-0.05, 0) is 72.9 Å². The molecule has 0 bridgehead atoms. The van der Waals surface area contributed by atoms with E-state index in [1.54, 1.807) is 70.7 Å². The lowest BCUT2D eigenvalue weighted by atomic mass is 10.1. The number of carbonyl (C=O) groups is 4. The molecule has 1 N–H and O–H groups in total. The third-order valence-corrected chi connectivity index (χ3v) is 4.86. The Morgan fingerprint density at radius 2 is 1.38 bits per heavy atom. The van der Waals surface area contributed by atoms with Crippen molar-refractivity contribution in [2.75, 3.05) is 26.2 Å². The van der Waals surface area contributed by atoms with Crippen LogP contribution in [0.5, 0.6) is 0 Å². The second kappa shape index (κ2) is 11.4. The summed E-state index contributed by atoms with van der Waals surface area (Å²) < 4.78 is 10.7. The average molecular weight is 476 g/mol. The number of nitrogens with one attached hydrogen (secondary N) is 1. The average Bonchev–Trinajstić information content (AvgIpc) is 2.94. The first-order chi connectivity index (χ1) is 15.8. The van der Waals surface area contributed by atoms with Gasteiger partial charge in [-0.25, -0.2) is 9.59 Å². The van der Waals surface area contributed by atoms with Crippen LogP contribution in [0.1, 0.15) is 81.5 Å². The Morgan fingerprint density at radius 1 is 0.853 bits per heavy atom. The standard InChI is InChI=1S/C25H37N3O6/c1-24(2,3)33-22(31)26-14-11-16-27(23(32)34-25(4,5)6)15-9-10-17-28-20(29)18-12-7-8-13-19(18)21(28)30/h7-8,12-13H,9-11,14-17H2,1-6H3,(H,26,31). The van der Waals surface area contributed by atoms with E-state index in [2.05, 4.69) is 5.32 Å². The highest BCUT2D eigenvalue weighted by molar-refractivity contribution is 6.21. The zero-order valence-corrected chi connectivity index (χ0v) is 21.1. The molecule has 1 aromatic rings. The molecule has 1 heterocycles. The van der Waals surface area contributed by atoms with E-state index < -0.39 is 23.4 Å². The minimum atomic E-state index is -0.635. The summed E-state index contributed by atoms with van der Waals surface area (Å²) in [6, 6.07) is 6.80. The Labute approximate surface area is 201 Å². The first kappa shape index (κ1) is 27.1. The van der Waals surface area contributed by atoms with Crippen LogP contribution in [0.3, 0.4) is 0 Å². The molecule has 0 radical (unpaired) electrons. The van der Waals surface area contributed by atoms with Gasteiger partial charge in [-0.2, -0.15) is 0 Å². The quantitative estimate of drug-likeness (QED) is 0.424. The molecule has 0 aliphatic carbocycles. The topological polar surface area (TPSA) is 105 Å². The molecule has 0 saturated heterocycles. The maximum atomic E-state index is 12.7. The lowest BCUT2D eigenvalue weighted by molar-refractivity contribution is 0.0241. The number of amides is 4. The van der Waals surface area contributed by atoms with E-state index in [0.717, 1.165) is 0 Å². The number of benzene rings is 1. The fourth-order valence-electron chi connectivity index (χ4n) is 3.41. The van der Waals surface area contributed by atoms with E-state index >= 15 is 0 Å². The molecule has 0 atom stereocenters. The van der Waals surface area contributed by atoms with Crippen LogP contribution in [0.15, 0.2) is 24.3 Å². The lowest BCUT2D eigenvalue weighted by Gasteiger charge is -2.28. The smallest absolute Gasteiger partial charge is 0.410 e. The number of unbranched alkanes of at least 4 members (excludes halogenated alkanes) is 1. The third-order valence-electron chi connectivity index (χ3n) is 4.86. The molecular formula is C25H37N3O6. The number of imide groups is 1. The number of hydrogen-bond acceptors (Lipinski definition) is 6. The van der Waals surface area contributed by atoms with Gasteiger partial charge in [0.25, 0.3) is 11.8 Å². The van der Waals surface area contributed by atoms with Crippen molar-refractivity contribution in [3.63, 3.8) is 0 Å². The number of alkyl carbamates (subject to hydrolysis) is 1. The molecule has 34 heavy (non-hydrogen) atoms. The zero-order valence-electron chi connectivity index (χ0n) is 21.1. The van der Waals surface area contributed by atoms with Crippen molar-refractivity contribution in [3.05, 3.63) is 35.4 Å². The van der Waals surface area contributed by atoms with E-state index in [4.69, 9.17) is 9.47 Å². The predicted molar refractivity (Wildman–Crippen MR) is 128 cm³/mol. The summed E-state index contributed by atoms with van der Waals surface area (Å²) in [5, 5.41) is 2.68. The van der Waals surface area contributed by atoms with Crippen molar-refractivity contribution in [2.24, 2.45) is 0 Å². The first-order valence-corrected chi connectivity index (χ1v) is 11.7. The summed E-state index contributed by atoms with van der Waals surface area (Å²) in [4.78, 5) is 52.3. The Kier molecular flexibility index (Phi) is 9.06. The van der Waals surface area contributed by atoms with Crippen molar-refractivity contribution < 1.29 is 28.7 Å². The largest absolute Gasteiger partial charge is 0.444 e. The summed E-state index contributed by atoms with van der Waals surface area (Å²) in [5.74, 6) is -0.560. The minimum Gasteiger partial charge on any atom is -0.444 e. The molecule has 4 amide bonds. The van der Waals surface area contributed by atoms with Crippen LogP contribution < -0.4 is 5.32 Å². The molecule has 1 aliphatic rings. The van der Waals surface area contributed by atoms with Gasteiger partial charge in [0.2, 0.25) is 0 Å². The summed E-state index contributed by atoms with van der Waals surface area (Å²) in [6.07, 6.45) is 0.729. The maximum Gasteiger partial charge on any atom is 0.410 e. The second-order valence-electron chi connectivity index (χ2n) is 10.3. The van der Waals surface area contributed by atoms with Crippen LogP contribution in [-0.4, -0.2) is 71.2 Å². The molecule has 0 unspecified atom stereocenters. The fourth-order valence-corrected chi connectivity index (χ4v) is 3.41. The number of ether oxygens (including phenoxy) is 2. The van der Waals surface area contributed by atoms with Gasteiger partial charge in [0.05, 0.1) is 11.1 Å². The minimum absolute atomic E-state index is 0.280. The number of rotatable bonds is 9. The molecule has 0 spiro atoms. The van der Waals surface area contributed by atoms with E-state index in [0.29, 0.717) is 50.0 Å². The molecule has 9 heteroatoms. The van der Waals surface area contributed by atoms with Gasteiger partial charge in [0.15, 0.2) is 0 Å². The highest BCUT2D eigenvalue weighted by atomic mass is 16.6. The van der Waals surface area contributed by atoms with Gasteiger partial charge in [0.1, 0.15) is 11.2 Å². The van der Waals surface area contributed by atoms with Crippen LogP contribution >= 0.6 is 0 Å². The second-order valence-corrected chi connectivity index (χ2v) is 10.3. The van der Waals surface area contributed by atoms with E-state index in [9.17, 15) is 19.2 Å². The molecule has 9 nitrogen and oxygen atoms in total. The van der Waals surface area contributed by atoms with Gasteiger partial charge in [-0.3, -0.25) is 14.5 Å². The molecule has 188 valence electrons. The highest BCUT2D eigenvalue weighted by Crippen LogP contribution is 2.22. The Bertz CT molecular complexity index is 866. The summed E-state index contributed by atoms with van der Waals surface area (Å²) >= 11 is 0. The van der Waals surface area contributed by atoms with Crippen molar-refractivity contribution in [1.29, 1.82) is 0 Å². The first-order valence-electron chi connectivity index (χ1n) is 11.7.